The van der Waals surface area contributed by atoms with Gasteiger partial charge in [0.1, 0.15) is 5.83 Å². The lowest BCUT2D eigenvalue weighted by Crippen LogP contribution is -2.05. The molecule has 0 aliphatic rings. The van der Waals surface area contributed by atoms with Gasteiger partial charge in [-0.1, -0.05) is 41.5 Å². The molecule has 5 heteroatoms. The van der Waals surface area contributed by atoms with Gasteiger partial charge in [0, 0.05) is 6.20 Å². The molecule has 0 amide bonds. The van der Waals surface area contributed by atoms with Crippen molar-refractivity contribution in [2.45, 2.75) is 54.6 Å². The molecule has 0 saturated heterocycles. The molecule has 0 atom stereocenters. The lowest BCUT2D eigenvalue weighted by molar-refractivity contribution is -0.137. The maximum absolute atomic E-state index is 12.8. The molecule has 20 heavy (non-hydrogen) atoms. The van der Waals surface area contributed by atoms with Crippen LogP contribution in [0.2, 0.25) is 0 Å². The summed E-state index contributed by atoms with van der Waals surface area (Å²) in [4.78, 5) is 3.35. The van der Waals surface area contributed by atoms with E-state index in [-0.39, 0.29) is 5.69 Å². The molecule has 1 aromatic rings. The zero-order valence-corrected chi connectivity index (χ0v) is 13.3. The molecular formula is C15H25F4N. The van der Waals surface area contributed by atoms with Crippen LogP contribution < -0.4 is 0 Å². The minimum Gasteiger partial charge on any atom is -0.253 e. The van der Waals surface area contributed by atoms with Crippen LogP contribution in [0.15, 0.2) is 24.4 Å². The first-order valence-electron chi connectivity index (χ1n) is 6.80. The third-order valence-electron chi connectivity index (χ3n) is 1.59. The van der Waals surface area contributed by atoms with Crippen LogP contribution in [-0.2, 0) is 6.18 Å². The van der Waals surface area contributed by atoms with E-state index in [0.29, 0.717) is 6.20 Å². The quantitative estimate of drug-likeness (QED) is 0.538. The highest BCUT2D eigenvalue weighted by atomic mass is 19.4. The number of allylic oxidation sites excluding steroid dienone is 1. The maximum atomic E-state index is 12.8. The second-order valence-corrected chi connectivity index (χ2v) is 2.57. The van der Waals surface area contributed by atoms with Crippen LogP contribution in [0, 0.1) is 0 Å². The molecule has 0 aliphatic heterocycles. The summed E-state index contributed by atoms with van der Waals surface area (Å²) in [5, 5.41) is 0. The molecule has 0 fully saturated rings. The zero-order chi connectivity index (χ0) is 16.8. The van der Waals surface area contributed by atoms with Crippen LogP contribution in [0.25, 0.3) is 5.83 Å². The van der Waals surface area contributed by atoms with Gasteiger partial charge in [-0.3, -0.25) is 4.98 Å². The van der Waals surface area contributed by atoms with Gasteiger partial charge in [0.25, 0.3) is 0 Å². The van der Waals surface area contributed by atoms with Gasteiger partial charge < -0.3 is 0 Å². The summed E-state index contributed by atoms with van der Waals surface area (Å²) in [6.45, 7) is 13.4. The average molecular weight is 295 g/mol. The number of alkyl halides is 3. The smallest absolute Gasteiger partial charge is 0.253 e. The monoisotopic (exact) mass is 295 g/mol. The summed E-state index contributed by atoms with van der Waals surface area (Å²) in [7, 11) is 0. The Balaban J connectivity index is -0.000000425. The van der Waals surface area contributed by atoms with Gasteiger partial charge in [-0.2, -0.15) is 13.2 Å². The Morgan fingerprint density at radius 2 is 1.45 bits per heavy atom. The average Bonchev–Trinajstić information content (AvgIpc) is 2.51. The molecule has 0 saturated carbocycles. The molecule has 0 spiro atoms. The first-order chi connectivity index (χ1) is 9.45. The first-order valence-corrected chi connectivity index (χ1v) is 6.80. The highest BCUT2D eigenvalue weighted by molar-refractivity contribution is 5.54. The number of halogens is 4. The topological polar surface area (TPSA) is 12.9 Å². The largest absolute Gasteiger partial charge is 0.417 e. The van der Waals surface area contributed by atoms with Crippen molar-refractivity contribution in [3.8, 4) is 0 Å². The number of pyridine rings is 1. The maximum Gasteiger partial charge on any atom is 0.417 e. The molecule has 1 aromatic heterocycles. The van der Waals surface area contributed by atoms with E-state index in [1.54, 1.807) is 0 Å². The zero-order valence-electron chi connectivity index (χ0n) is 13.3. The van der Waals surface area contributed by atoms with E-state index in [1.807, 2.05) is 41.5 Å². The minimum absolute atomic E-state index is 0.0968. The normalized spacial score (nSPS) is 10.1. The van der Waals surface area contributed by atoms with Crippen molar-refractivity contribution in [1.82, 2.24) is 4.98 Å². The van der Waals surface area contributed by atoms with Gasteiger partial charge in [-0.25, -0.2) is 4.39 Å². The molecule has 0 aliphatic carbocycles. The standard InChI is InChI=1S/C9H7F4N.3C2H6/c1-2-7(10)8-4-3-6(5-14-8)9(11,12)13;3*1-2/h2-5H,1H3;3*1-2H3/b7-2-;;;. The molecule has 1 rings (SSSR count). The molecule has 0 bridgehead atoms. The lowest BCUT2D eigenvalue weighted by atomic mass is 10.2. The molecule has 0 radical (unpaired) electrons. The third-order valence-corrected chi connectivity index (χ3v) is 1.59. The fourth-order valence-electron chi connectivity index (χ4n) is 0.851. The van der Waals surface area contributed by atoms with Gasteiger partial charge in [0.05, 0.1) is 11.3 Å². The third kappa shape index (κ3) is 9.53. The van der Waals surface area contributed by atoms with Gasteiger partial charge in [0.15, 0.2) is 0 Å². The van der Waals surface area contributed by atoms with Crippen molar-refractivity contribution in [3.05, 3.63) is 35.7 Å². The molecule has 0 N–H and O–H groups in total. The van der Waals surface area contributed by atoms with Crippen molar-refractivity contribution >= 4 is 5.83 Å². The van der Waals surface area contributed by atoms with Crippen LogP contribution in [0.3, 0.4) is 0 Å². The van der Waals surface area contributed by atoms with Gasteiger partial charge in [0.2, 0.25) is 0 Å². The second-order valence-electron chi connectivity index (χ2n) is 2.57. The van der Waals surface area contributed by atoms with Crippen molar-refractivity contribution in [1.29, 1.82) is 0 Å². The van der Waals surface area contributed by atoms with Crippen LogP contribution in [0.4, 0.5) is 17.6 Å². The van der Waals surface area contributed by atoms with E-state index >= 15 is 0 Å². The summed E-state index contributed by atoms with van der Waals surface area (Å²) >= 11 is 0. The predicted octanol–water partition coefficient (Wildman–Crippen LogP) is 6.51. The summed E-state index contributed by atoms with van der Waals surface area (Å²) < 4.78 is 49.0. The Bertz CT molecular complexity index is 340. The van der Waals surface area contributed by atoms with Crippen LogP contribution in [-0.4, -0.2) is 4.98 Å². The number of hydrogen-bond donors (Lipinski definition) is 0. The first kappa shape index (κ1) is 23.7. The van der Waals surface area contributed by atoms with Crippen LogP contribution in [0.5, 0.6) is 0 Å². The Hall–Kier alpha value is -1.39. The summed E-state index contributed by atoms with van der Waals surface area (Å²) in [6.07, 6.45) is -2.69. The number of rotatable bonds is 1. The van der Waals surface area contributed by atoms with Gasteiger partial charge >= 0.3 is 6.18 Å². The number of aromatic nitrogens is 1. The van der Waals surface area contributed by atoms with E-state index in [1.165, 1.54) is 6.92 Å². The van der Waals surface area contributed by atoms with E-state index < -0.39 is 17.6 Å². The van der Waals surface area contributed by atoms with Crippen LogP contribution in [0.1, 0.15) is 59.7 Å². The highest BCUT2D eigenvalue weighted by Crippen LogP contribution is 2.29. The van der Waals surface area contributed by atoms with Crippen LogP contribution >= 0.6 is 0 Å². The molecule has 0 aromatic carbocycles. The molecule has 1 heterocycles. The Kier molecular flexibility index (Phi) is 16.6. The highest BCUT2D eigenvalue weighted by Gasteiger charge is 2.30. The lowest BCUT2D eigenvalue weighted by Gasteiger charge is -2.05. The molecule has 0 unspecified atom stereocenters. The number of nitrogens with zero attached hydrogens (tertiary/aromatic N) is 1. The summed E-state index contributed by atoms with van der Waals surface area (Å²) in [5.74, 6) is -0.640. The van der Waals surface area contributed by atoms with E-state index in [2.05, 4.69) is 4.98 Å². The molecule has 118 valence electrons. The fraction of sp³-hybridized carbons (Fsp3) is 0.533. The SMILES string of the molecule is C/C=C(\F)c1ccc(C(F)(F)F)cn1.CC.CC.CC. The second kappa shape index (κ2) is 14.0. The molecule has 1 nitrogen and oxygen atoms in total. The van der Waals surface area contributed by atoms with E-state index in [9.17, 15) is 17.6 Å². The van der Waals surface area contributed by atoms with E-state index in [4.69, 9.17) is 0 Å². The van der Waals surface area contributed by atoms with E-state index in [0.717, 1.165) is 18.2 Å². The minimum atomic E-state index is -4.43. The van der Waals surface area contributed by atoms with Crippen molar-refractivity contribution < 1.29 is 17.6 Å². The Labute approximate surface area is 119 Å². The predicted molar refractivity (Wildman–Crippen MR) is 78.0 cm³/mol. The summed E-state index contributed by atoms with van der Waals surface area (Å²) in [6, 6.07) is 1.80. The van der Waals surface area contributed by atoms with Gasteiger partial charge in [-0.05, 0) is 25.1 Å². The number of hydrogen-bond acceptors (Lipinski definition) is 1. The fourth-order valence-corrected chi connectivity index (χ4v) is 0.851. The van der Waals surface area contributed by atoms with Crippen molar-refractivity contribution in [2.24, 2.45) is 0 Å². The Morgan fingerprint density at radius 1 is 1.00 bits per heavy atom. The van der Waals surface area contributed by atoms with Crippen molar-refractivity contribution in [2.75, 3.05) is 0 Å². The summed E-state index contributed by atoms with van der Waals surface area (Å²) in [5.41, 5.74) is -0.981. The molecular weight excluding hydrogens is 270 g/mol. The Morgan fingerprint density at radius 3 is 1.70 bits per heavy atom. The van der Waals surface area contributed by atoms with Crippen molar-refractivity contribution in [3.63, 3.8) is 0 Å². The van der Waals surface area contributed by atoms with Gasteiger partial charge in [-0.15, -0.1) is 0 Å².